The molecule has 0 saturated carbocycles. The number of para-hydroxylation sites is 1. The van der Waals surface area contributed by atoms with Crippen molar-refractivity contribution in [3.63, 3.8) is 0 Å². The first-order valence-corrected chi connectivity index (χ1v) is 9.22. The molecule has 1 heterocycles. The summed E-state index contributed by atoms with van der Waals surface area (Å²) in [5.41, 5.74) is 3.31. The summed E-state index contributed by atoms with van der Waals surface area (Å²) < 4.78 is 25.6. The Bertz CT molecular complexity index is 1010. The van der Waals surface area contributed by atoms with Gasteiger partial charge in [0.25, 0.3) is 0 Å². The number of pyridine rings is 1. The molecule has 6 nitrogen and oxygen atoms in total. The van der Waals surface area contributed by atoms with Crippen molar-refractivity contribution in [2.75, 3.05) is 0 Å². The Labute approximate surface area is 145 Å². The summed E-state index contributed by atoms with van der Waals surface area (Å²) in [6, 6.07) is 15.3. The number of aromatic nitrogens is 1. The van der Waals surface area contributed by atoms with Crippen LogP contribution in [0.1, 0.15) is 11.1 Å². The summed E-state index contributed by atoms with van der Waals surface area (Å²) in [5, 5.41) is 9.30. The van der Waals surface area contributed by atoms with E-state index in [0.29, 0.717) is 16.6 Å². The van der Waals surface area contributed by atoms with Gasteiger partial charge < -0.3 is 0 Å². The minimum absolute atomic E-state index is 0.0246. The Morgan fingerprint density at radius 1 is 1.00 bits per heavy atom. The highest BCUT2D eigenvalue weighted by Gasteiger charge is 2.19. The number of nitrogens with zero attached hydrogens (tertiary/aromatic N) is 1. The molecule has 0 spiro atoms. The number of hydrogen-bond donors (Lipinski definition) is 2. The zero-order valence-electron chi connectivity index (χ0n) is 13.2. The summed E-state index contributed by atoms with van der Waals surface area (Å²) in [5.74, 6) is -0.683. The van der Waals surface area contributed by atoms with Crippen LogP contribution in [0.5, 0.6) is 0 Å². The molecule has 2 aromatic carbocycles. The third-order valence-electron chi connectivity index (χ3n) is 3.80. The summed E-state index contributed by atoms with van der Waals surface area (Å²) >= 11 is 0. The first kappa shape index (κ1) is 17.1. The SMILES string of the molecule is O=C(Cc1ccc(CS(=O)(=O)c2cccc3cccnc23)cc1)NO. The number of carbonyl (C=O) groups is 1. The fourth-order valence-corrected chi connectivity index (χ4v) is 4.14. The number of nitrogens with one attached hydrogen (secondary N) is 1. The lowest BCUT2D eigenvalue weighted by Crippen LogP contribution is -2.20. The van der Waals surface area contributed by atoms with E-state index in [1.165, 1.54) is 0 Å². The lowest BCUT2D eigenvalue weighted by atomic mass is 10.1. The quantitative estimate of drug-likeness (QED) is 0.540. The fourth-order valence-electron chi connectivity index (χ4n) is 2.60. The Hall–Kier alpha value is -2.77. The van der Waals surface area contributed by atoms with Gasteiger partial charge >= 0.3 is 0 Å². The number of benzene rings is 2. The minimum atomic E-state index is -3.56. The Balaban J connectivity index is 1.87. The van der Waals surface area contributed by atoms with Gasteiger partial charge in [-0.05, 0) is 23.3 Å². The zero-order valence-corrected chi connectivity index (χ0v) is 14.0. The van der Waals surface area contributed by atoms with E-state index in [-0.39, 0.29) is 17.1 Å². The molecule has 0 unspecified atom stereocenters. The maximum atomic E-state index is 12.8. The van der Waals surface area contributed by atoms with Crippen LogP contribution in [0.4, 0.5) is 0 Å². The van der Waals surface area contributed by atoms with E-state index in [0.717, 1.165) is 5.39 Å². The second-order valence-electron chi connectivity index (χ2n) is 5.62. The number of rotatable bonds is 5. The minimum Gasteiger partial charge on any atom is -0.289 e. The third kappa shape index (κ3) is 3.84. The molecule has 0 atom stereocenters. The van der Waals surface area contributed by atoms with Crippen LogP contribution in [0.3, 0.4) is 0 Å². The van der Waals surface area contributed by atoms with Crippen LogP contribution < -0.4 is 5.48 Å². The van der Waals surface area contributed by atoms with Crippen molar-refractivity contribution in [2.45, 2.75) is 17.1 Å². The van der Waals surface area contributed by atoms with E-state index in [4.69, 9.17) is 5.21 Å². The van der Waals surface area contributed by atoms with Crippen molar-refractivity contribution < 1.29 is 18.4 Å². The third-order valence-corrected chi connectivity index (χ3v) is 5.51. The van der Waals surface area contributed by atoms with E-state index < -0.39 is 15.7 Å². The van der Waals surface area contributed by atoms with Crippen LogP contribution in [0.15, 0.2) is 65.7 Å². The van der Waals surface area contributed by atoms with E-state index >= 15 is 0 Å². The van der Waals surface area contributed by atoms with Crippen LogP contribution >= 0.6 is 0 Å². The van der Waals surface area contributed by atoms with Gasteiger partial charge in [-0.2, -0.15) is 0 Å². The van der Waals surface area contributed by atoms with Crippen molar-refractivity contribution in [3.8, 4) is 0 Å². The first-order chi connectivity index (χ1) is 12.0. The fraction of sp³-hybridized carbons (Fsp3) is 0.111. The zero-order chi connectivity index (χ0) is 17.9. The van der Waals surface area contributed by atoms with E-state index in [1.807, 2.05) is 12.1 Å². The number of hydrogen-bond acceptors (Lipinski definition) is 5. The molecule has 0 bridgehead atoms. The number of hydroxylamine groups is 1. The molecule has 1 amide bonds. The van der Waals surface area contributed by atoms with E-state index in [2.05, 4.69) is 4.98 Å². The average Bonchev–Trinajstić information content (AvgIpc) is 2.62. The smallest absolute Gasteiger partial charge is 0.247 e. The Morgan fingerprint density at radius 3 is 2.40 bits per heavy atom. The van der Waals surface area contributed by atoms with Crippen LogP contribution in [-0.4, -0.2) is 24.5 Å². The molecule has 3 aromatic rings. The van der Waals surface area contributed by atoms with Crippen LogP contribution in [-0.2, 0) is 26.8 Å². The van der Waals surface area contributed by atoms with Gasteiger partial charge in [-0.1, -0.05) is 42.5 Å². The highest BCUT2D eigenvalue weighted by molar-refractivity contribution is 7.90. The lowest BCUT2D eigenvalue weighted by Gasteiger charge is -2.08. The van der Waals surface area contributed by atoms with Crippen molar-refractivity contribution in [3.05, 3.63) is 71.9 Å². The number of carbonyl (C=O) groups excluding carboxylic acids is 1. The predicted octanol–water partition coefficient (Wildman–Crippen LogP) is 2.26. The second kappa shape index (κ2) is 7.00. The molecule has 0 aliphatic rings. The number of amides is 1. The summed E-state index contributed by atoms with van der Waals surface area (Å²) in [7, 11) is -3.56. The van der Waals surface area contributed by atoms with Crippen molar-refractivity contribution >= 4 is 26.6 Å². The van der Waals surface area contributed by atoms with Gasteiger partial charge in [0, 0.05) is 11.6 Å². The molecule has 2 N–H and O–H groups in total. The van der Waals surface area contributed by atoms with Gasteiger partial charge in [-0.15, -0.1) is 0 Å². The van der Waals surface area contributed by atoms with Crippen molar-refractivity contribution in [1.29, 1.82) is 0 Å². The molecule has 7 heteroatoms. The molecule has 0 fully saturated rings. The number of fused-ring (bicyclic) bond motifs is 1. The first-order valence-electron chi connectivity index (χ1n) is 7.57. The van der Waals surface area contributed by atoms with Gasteiger partial charge in [0.05, 0.1) is 22.6 Å². The van der Waals surface area contributed by atoms with Gasteiger partial charge in [-0.3, -0.25) is 15.0 Å². The summed E-state index contributed by atoms with van der Waals surface area (Å²) in [4.78, 5) is 15.5. The van der Waals surface area contributed by atoms with Gasteiger partial charge in [-0.25, -0.2) is 13.9 Å². The molecule has 128 valence electrons. The highest BCUT2D eigenvalue weighted by Crippen LogP contribution is 2.24. The standard InChI is InChI=1S/C18H16N2O4S/c21-17(20-22)11-13-6-8-14(9-7-13)12-25(23,24)16-5-1-3-15-4-2-10-19-18(15)16/h1-10,22H,11-12H2,(H,20,21). The van der Waals surface area contributed by atoms with Gasteiger partial charge in [0.1, 0.15) is 0 Å². The Morgan fingerprint density at radius 2 is 1.68 bits per heavy atom. The Kier molecular flexibility index (Phi) is 4.78. The average molecular weight is 356 g/mol. The van der Waals surface area contributed by atoms with Gasteiger partial charge in [0.15, 0.2) is 9.84 Å². The second-order valence-corrected chi connectivity index (χ2v) is 7.58. The lowest BCUT2D eigenvalue weighted by molar-refractivity contribution is -0.128. The van der Waals surface area contributed by atoms with E-state index in [9.17, 15) is 13.2 Å². The topological polar surface area (TPSA) is 96.4 Å². The van der Waals surface area contributed by atoms with Crippen LogP contribution in [0.2, 0.25) is 0 Å². The molecule has 3 rings (SSSR count). The molecule has 0 aliphatic heterocycles. The molecule has 0 aliphatic carbocycles. The summed E-state index contributed by atoms with van der Waals surface area (Å²) in [6.45, 7) is 0. The normalized spacial score (nSPS) is 11.4. The molecule has 0 saturated heterocycles. The van der Waals surface area contributed by atoms with E-state index in [1.54, 1.807) is 54.1 Å². The predicted molar refractivity (Wildman–Crippen MR) is 92.7 cm³/mol. The molecule has 0 radical (unpaired) electrons. The number of sulfone groups is 1. The molecular formula is C18H16N2O4S. The van der Waals surface area contributed by atoms with Crippen LogP contribution in [0, 0.1) is 0 Å². The van der Waals surface area contributed by atoms with Crippen LogP contribution in [0.25, 0.3) is 10.9 Å². The van der Waals surface area contributed by atoms with Gasteiger partial charge in [0.2, 0.25) is 5.91 Å². The maximum absolute atomic E-state index is 12.8. The monoisotopic (exact) mass is 356 g/mol. The highest BCUT2D eigenvalue weighted by atomic mass is 32.2. The van der Waals surface area contributed by atoms with Crippen molar-refractivity contribution in [2.24, 2.45) is 0 Å². The largest absolute Gasteiger partial charge is 0.289 e. The molecule has 25 heavy (non-hydrogen) atoms. The molecular weight excluding hydrogens is 340 g/mol. The molecule has 1 aromatic heterocycles. The summed E-state index contributed by atoms with van der Waals surface area (Å²) in [6.07, 6.45) is 1.60. The maximum Gasteiger partial charge on any atom is 0.247 e. The van der Waals surface area contributed by atoms with Crippen molar-refractivity contribution in [1.82, 2.24) is 10.5 Å².